The van der Waals surface area contributed by atoms with E-state index in [9.17, 15) is 0 Å². The van der Waals surface area contributed by atoms with Crippen LogP contribution in [0.2, 0.25) is 0 Å². The number of methoxy groups -OCH3 is 2. The summed E-state index contributed by atoms with van der Waals surface area (Å²) in [6.07, 6.45) is 1.77. The summed E-state index contributed by atoms with van der Waals surface area (Å²) in [5, 5.41) is 2.21. The molecule has 6 heteroatoms. The number of unbranched alkanes of at least 4 members (excludes halogenated alkanes) is 1. The highest BCUT2D eigenvalue weighted by atomic mass is 16.7. The molecule has 0 saturated carbocycles. The Labute approximate surface area is 182 Å². The summed E-state index contributed by atoms with van der Waals surface area (Å²) in [6.45, 7) is 3.08. The van der Waals surface area contributed by atoms with Gasteiger partial charge in [-0.2, -0.15) is 0 Å². The van der Waals surface area contributed by atoms with E-state index in [0.29, 0.717) is 18.1 Å². The molecule has 0 aliphatic carbocycles. The van der Waals surface area contributed by atoms with Gasteiger partial charge in [0.15, 0.2) is 29.2 Å². The summed E-state index contributed by atoms with van der Waals surface area (Å²) in [7, 11) is 5.41. The number of rotatable bonds is 6. The average molecular weight is 421 g/mol. The van der Waals surface area contributed by atoms with Crippen molar-refractivity contribution in [1.82, 2.24) is 0 Å². The van der Waals surface area contributed by atoms with Crippen LogP contribution in [0.5, 0.6) is 23.0 Å². The lowest BCUT2D eigenvalue weighted by Gasteiger charge is -2.39. The van der Waals surface area contributed by atoms with Crippen molar-refractivity contribution in [3.05, 3.63) is 42.0 Å². The van der Waals surface area contributed by atoms with Crippen molar-refractivity contribution >= 4 is 16.5 Å². The van der Waals surface area contributed by atoms with E-state index in [2.05, 4.69) is 43.1 Å². The lowest BCUT2D eigenvalue weighted by molar-refractivity contribution is 0.0492. The molecule has 2 aliphatic heterocycles. The molecule has 0 amide bonds. The minimum atomic E-state index is -0.296. The Kier molecular flexibility index (Phi) is 5.02. The molecule has 1 unspecified atom stereocenters. The van der Waals surface area contributed by atoms with Gasteiger partial charge >= 0.3 is 0 Å². The van der Waals surface area contributed by atoms with Crippen molar-refractivity contribution in [2.75, 3.05) is 39.6 Å². The third kappa shape index (κ3) is 3.05. The molecule has 0 spiro atoms. The van der Waals surface area contributed by atoms with Gasteiger partial charge in [0.05, 0.1) is 25.5 Å². The van der Waals surface area contributed by atoms with E-state index in [-0.39, 0.29) is 13.0 Å². The monoisotopic (exact) mass is 421 g/mol. The molecular formula is C25H27NO5. The molecule has 31 heavy (non-hydrogen) atoms. The highest BCUT2D eigenvalue weighted by Crippen LogP contribution is 2.53. The van der Waals surface area contributed by atoms with Crippen LogP contribution in [-0.4, -0.2) is 34.7 Å². The molecule has 0 bridgehead atoms. The van der Waals surface area contributed by atoms with Crippen molar-refractivity contribution in [2.45, 2.75) is 26.0 Å². The van der Waals surface area contributed by atoms with Crippen LogP contribution < -0.4 is 23.8 Å². The first-order chi connectivity index (χ1) is 15.2. The molecule has 0 fully saturated rings. The van der Waals surface area contributed by atoms with E-state index in [1.807, 2.05) is 12.1 Å². The number of nitrogens with zero attached hydrogens (tertiary/aromatic N) is 1. The number of anilines is 1. The zero-order valence-corrected chi connectivity index (χ0v) is 18.4. The van der Waals surface area contributed by atoms with Gasteiger partial charge in [0.2, 0.25) is 6.79 Å². The highest BCUT2D eigenvalue weighted by molar-refractivity contribution is 6.05. The van der Waals surface area contributed by atoms with Gasteiger partial charge in [0.1, 0.15) is 0 Å². The first kappa shape index (κ1) is 19.8. The second kappa shape index (κ2) is 7.85. The van der Waals surface area contributed by atoms with E-state index in [1.54, 1.807) is 14.2 Å². The van der Waals surface area contributed by atoms with Gasteiger partial charge in [-0.3, -0.25) is 0 Å². The first-order valence-corrected chi connectivity index (χ1v) is 10.6. The second-order valence-corrected chi connectivity index (χ2v) is 7.84. The standard InChI is InChI=1S/C25H27NO5/c1-5-6-11-29-25-22-16(9-10-19(27-3)24(22)28-4)17-8-7-15-12-20-21(31-14-30-20)13-18(15)23(17)26(25)2/h7-10,12-13,25H,5-6,11,14H2,1-4H3. The SMILES string of the molecule is CCCCOC1c2c(ccc(OC)c2OC)-c2ccc3cc4c(cc3c2N1C)OCO4. The van der Waals surface area contributed by atoms with Gasteiger partial charge in [0, 0.05) is 24.6 Å². The zero-order chi connectivity index (χ0) is 21.5. The molecule has 0 radical (unpaired) electrons. The third-order valence-corrected chi connectivity index (χ3v) is 6.08. The first-order valence-electron chi connectivity index (χ1n) is 10.6. The summed E-state index contributed by atoms with van der Waals surface area (Å²) in [5.74, 6) is 2.97. The minimum Gasteiger partial charge on any atom is -0.493 e. The maximum atomic E-state index is 6.44. The van der Waals surface area contributed by atoms with E-state index in [0.717, 1.165) is 57.5 Å². The minimum absolute atomic E-state index is 0.256. The van der Waals surface area contributed by atoms with Gasteiger partial charge in [-0.1, -0.05) is 25.5 Å². The topological polar surface area (TPSA) is 49.4 Å². The molecule has 162 valence electrons. The van der Waals surface area contributed by atoms with Gasteiger partial charge < -0.3 is 28.6 Å². The normalized spacial score (nSPS) is 16.3. The van der Waals surface area contributed by atoms with Crippen LogP contribution in [0.1, 0.15) is 31.6 Å². The van der Waals surface area contributed by atoms with Crippen LogP contribution >= 0.6 is 0 Å². The largest absolute Gasteiger partial charge is 0.493 e. The van der Waals surface area contributed by atoms with E-state index in [1.165, 1.54) is 0 Å². The van der Waals surface area contributed by atoms with Crippen LogP contribution in [0, 0.1) is 0 Å². The van der Waals surface area contributed by atoms with Crippen LogP contribution in [0.3, 0.4) is 0 Å². The summed E-state index contributed by atoms with van der Waals surface area (Å²) in [6, 6.07) is 12.5. The Hall–Kier alpha value is -3.12. The third-order valence-electron chi connectivity index (χ3n) is 6.08. The Morgan fingerprint density at radius 3 is 2.52 bits per heavy atom. The van der Waals surface area contributed by atoms with E-state index >= 15 is 0 Å². The zero-order valence-electron chi connectivity index (χ0n) is 18.4. The molecule has 2 aliphatic rings. The van der Waals surface area contributed by atoms with Gasteiger partial charge in [-0.25, -0.2) is 0 Å². The fraction of sp³-hybridized carbons (Fsp3) is 0.360. The fourth-order valence-corrected chi connectivity index (χ4v) is 4.57. The van der Waals surface area contributed by atoms with Crippen molar-refractivity contribution in [2.24, 2.45) is 0 Å². The molecule has 0 N–H and O–H groups in total. The lowest BCUT2D eigenvalue weighted by Crippen LogP contribution is -2.31. The smallest absolute Gasteiger partial charge is 0.231 e. The van der Waals surface area contributed by atoms with E-state index in [4.69, 9.17) is 23.7 Å². The van der Waals surface area contributed by atoms with Crippen molar-refractivity contribution in [3.63, 3.8) is 0 Å². The van der Waals surface area contributed by atoms with E-state index < -0.39 is 0 Å². The Morgan fingerprint density at radius 1 is 1.00 bits per heavy atom. The Morgan fingerprint density at radius 2 is 1.77 bits per heavy atom. The fourth-order valence-electron chi connectivity index (χ4n) is 4.57. The number of benzene rings is 3. The van der Waals surface area contributed by atoms with Gasteiger partial charge in [-0.15, -0.1) is 0 Å². The van der Waals surface area contributed by atoms with Crippen LogP contribution in [0.25, 0.3) is 21.9 Å². The molecule has 0 saturated heterocycles. The number of ether oxygens (including phenoxy) is 5. The molecule has 3 aromatic rings. The quantitative estimate of drug-likeness (QED) is 0.489. The Balaban J connectivity index is 1.76. The summed E-state index contributed by atoms with van der Waals surface area (Å²) in [4.78, 5) is 2.19. The van der Waals surface area contributed by atoms with Crippen LogP contribution in [0.15, 0.2) is 36.4 Å². The predicted octanol–water partition coefficient (Wildman–Crippen LogP) is 5.52. The van der Waals surface area contributed by atoms with Crippen LogP contribution in [-0.2, 0) is 4.74 Å². The summed E-state index contributed by atoms with van der Waals surface area (Å²) in [5.41, 5.74) is 4.32. The maximum absolute atomic E-state index is 6.44. The highest BCUT2D eigenvalue weighted by Gasteiger charge is 2.35. The predicted molar refractivity (Wildman–Crippen MR) is 121 cm³/mol. The second-order valence-electron chi connectivity index (χ2n) is 7.84. The molecule has 1 atom stereocenters. The van der Waals surface area contributed by atoms with Gasteiger partial charge in [0.25, 0.3) is 0 Å². The lowest BCUT2D eigenvalue weighted by atomic mass is 9.88. The molecule has 5 rings (SSSR count). The summed E-state index contributed by atoms with van der Waals surface area (Å²) < 4.78 is 29.1. The molecule has 3 aromatic carbocycles. The molecule has 2 heterocycles. The number of hydrogen-bond acceptors (Lipinski definition) is 6. The van der Waals surface area contributed by atoms with Gasteiger partial charge in [-0.05, 0) is 41.6 Å². The van der Waals surface area contributed by atoms with Crippen molar-refractivity contribution in [1.29, 1.82) is 0 Å². The van der Waals surface area contributed by atoms with Crippen LogP contribution in [0.4, 0.5) is 5.69 Å². The summed E-state index contributed by atoms with van der Waals surface area (Å²) >= 11 is 0. The number of fused-ring (bicyclic) bond motifs is 6. The molecule has 6 nitrogen and oxygen atoms in total. The molecular weight excluding hydrogens is 394 g/mol. The Bertz CT molecular complexity index is 1140. The number of hydrogen-bond donors (Lipinski definition) is 0. The average Bonchev–Trinajstić information content (AvgIpc) is 3.25. The maximum Gasteiger partial charge on any atom is 0.231 e. The molecule has 0 aromatic heterocycles. The van der Waals surface area contributed by atoms with Crippen molar-refractivity contribution in [3.8, 4) is 34.1 Å². The van der Waals surface area contributed by atoms with Crippen molar-refractivity contribution < 1.29 is 23.7 Å².